The molecule has 1 rings (SSSR count). The SMILES string of the molecule is Cc1ccc(Cl)c(OCC(=O)OCC(=O)N[C@](C)(C#N)C(C)C)c1. The third-order valence-corrected chi connectivity index (χ3v) is 3.89. The highest BCUT2D eigenvalue weighted by molar-refractivity contribution is 6.32. The Morgan fingerprint density at radius 3 is 2.62 bits per heavy atom. The molecular weight excluding hydrogens is 332 g/mol. The van der Waals surface area contributed by atoms with Crippen molar-refractivity contribution in [3.05, 3.63) is 28.8 Å². The molecule has 0 bridgehead atoms. The number of aryl methyl sites for hydroxylation is 1. The number of esters is 1. The van der Waals surface area contributed by atoms with Crippen LogP contribution in [0.5, 0.6) is 5.75 Å². The van der Waals surface area contributed by atoms with E-state index in [0.29, 0.717) is 10.8 Å². The van der Waals surface area contributed by atoms with Gasteiger partial charge in [0.15, 0.2) is 13.2 Å². The van der Waals surface area contributed by atoms with Gasteiger partial charge in [-0.15, -0.1) is 0 Å². The van der Waals surface area contributed by atoms with Crippen molar-refractivity contribution in [3.63, 3.8) is 0 Å². The van der Waals surface area contributed by atoms with E-state index >= 15 is 0 Å². The molecule has 1 aromatic rings. The molecule has 24 heavy (non-hydrogen) atoms. The summed E-state index contributed by atoms with van der Waals surface area (Å²) in [5.41, 5.74) is -0.0821. The van der Waals surface area contributed by atoms with Gasteiger partial charge >= 0.3 is 5.97 Å². The van der Waals surface area contributed by atoms with Crippen LogP contribution in [0.15, 0.2) is 18.2 Å². The van der Waals surface area contributed by atoms with E-state index in [1.807, 2.05) is 32.9 Å². The van der Waals surface area contributed by atoms with E-state index in [2.05, 4.69) is 5.32 Å². The molecule has 0 radical (unpaired) electrons. The van der Waals surface area contributed by atoms with Gasteiger partial charge in [0.1, 0.15) is 11.3 Å². The van der Waals surface area contributed by atoms with E-state index in [0.717, 1.165) is 5.56 Å². The Kier molecular flexibility index (Phi) is 7.05. The van der Waals surface area contributed by atoms with Gasteiger partial charge in [-0.05, 0) is 37.5 Å². The summed E-state index contributed by atoms with van der Waals surface area (Å²) in [6.07, 6.45) is 0. The molecule has 0 heterocycles. The standard InChI is InChI=1S/C17H21ClN2O4/c1-11(2)17(4,10-19)20-15(21)8-24-16(22)9-23-14-7-12(3)5-6-13(14)18/h5-7,11H,8-9H2,1-4H3,(H,20,21)/t17-/m1/s1. The van der Waals surface area contributed by atoms with Gasteiger partial charge in [-0.2, -0.15) is 5.26 Å². The Bertz CT molecular complexity index is 654. The van der Waals surface area contributed by atoms with E-state index in [9.17, 15) is 9.59 Å². The minimum absolute atomic E-state index is 0.0889. The Labute approximate surface area is 146 Å². The number of halogens is 1. The molecule has 6 nitrogen and oxygen atoms in total. The van der Waals surface area contributed by atoms with Crippen LogP contribution in [-0.4, -0.2) is 30.6 Å². The summed E-state index contributed by atoms with van der Waals surface area (Å²) >= 11 is 5.95. The molecule has 7 heteroatoms. The van der Waals surface area contributed by atoms with Gasteiger partial charge in [0.2, 0.25) is 0 Å². The topological polar surface area (TPSA) is 88.4 Å². The summed E-state index contributed by atoms with van der Waals surface area (Å²) in [5.74, 6) is -0.968. The number of carbonyl (C=O) groups is 2. The number of carbonyl (C=O) groups excluding carboxylic acids is 2. The van der Waals surface area contributed by atoms with Crippen molar-refractivity contribution in [2.75, 3.05) is 13.2 Å². The van der Waals surface area contributed by atoms with Crippen LogP contribution >= 0.6 is 11.6 Å². The highest BCUT2D eigenvalue weighted by atomic mass is 35.5. The third-order valence-electron chi connectivity index (χ3n) is 3.58. The number of nitriles is 1. The molecule has 130 valence electrons. The average Bonchev–Trinajstić information content (AvgIpc) is 2.53. The fraction of sp³-hybridized carbons (Fsp3) is 0.471. The lowest BCUT2D eigenvalue weighted by Gasteiger charge is -2.27. The highest BCUT2D eigenvalue weighted by Gasteiger charge is 2.30. The average molecular weight is 353 g/mol. The minimum atomic E-state index is -1.02. The number of nitrogens with zero attached hydrogens (tertiary/aromatic N) is 1. The van der Waals surface area contributed by atoms with Crippen molar-refractivity contribution in [2.24, 2.45) is 5.92 Å². The molecule has 0 unspecified atom stereocenters. The van der Waals surface area contributed by atoms with E-state index in [-0.39, 0.29) is 12.5 Å². The molecule has 1 N–H and O–H groups in total. The zero-order valence-corrected chi connectivity index (χ0v) is 14.9. The number of hydrogen-bond acceptors (Lipinski definition) is 5. The number of ether oxygens (including phenoxy) is 2. The van der Waals surface area contributed by atoms with Crippen LogP contribution < -0.4 is 10.1 Å². The van der Waals surface area contributed by atoms with Crippen LogP contribution in [0.3, 0.4) is 0 Å². The highest BCUT2D eigenvalue weighted by Crippen LogP contribution is 2.25. The third kappa shape index (κ3) is 5.74. The van der Waals surface area contributed by atoms with Gasteiger partial charge in [-0.25, -0.2) is 4.79 Å². The van der Waals surface area contributed by atoms with E-state index in [1.54, 1.807) is 19.1 Å². The molecule has 1 amide bonds. The molecule has 0 aliphatic heterocycles. The Morgan fingerprint density at radius 2 is 2.04 bits per heavy atom. The summed E-state index contributed by atoms with van der Waals surface area (Å²) < 4.78 is 10.1. The molecule has 0 aliphatic carbocycles. The second-order valence-electron chi connectivity index (χ2n) is 5.90. The summed E-state index contributed by atoms with van der Waals surface area (Å²) in [4.78, 5) is 23.4. The van der Waals surface area contributed by atoms with Crippen molar-refractivity contribution >= 4 is 23.5 Å². The zero-order valence-electron chi connectivity index (χ0n) is 14.2. The lowest BCUT2D eigenvalue weighted by molar-refractivity contribution is -0.150. The first-order chi connectivity index (χ1) is 11.2. The molecule has 0 spiro atoms. The second kappa shape index (κ2) is 8.55. The van der Waals surface area contributed by atoms with Gasteiger partial charge in [-0.3, -0.25) is 4.79 Å². The number of amides is 1. The number of rotatable bonds is 7. The van der Waals surface area contributed by atoms with Crippen LogP contribution in [0.2, 0.25) is 5.02 Å². The molecular formula is C17H21ClN2O4. The number of benzene rings is 1. The molecule has 1 aromatic carbocycles. The monoisotopic (exact) mass is 352 g/mol. The Balaban J connectivity index is 2.45. The molecule has 0 aliphatic rings. The zero-order chi connectivity index (χ0) is 18.3. The summed E-state index contributed by atoms with van der Waals surface area (Å²) in [5, 5.41) is 12.1. The molecule has 0 aromatic heterocycles. The van der Waals surface area contributed by atoms with E-state index in [1.165, 1.54) is 0 Å². The smallest absolute Gasteiger partial charge is 0.344 e. The van der Waals surface area contributed by atoms with Crippen LogP contribution in [0.25, 0.3) is 0 Å². The Hall–Kier alpha value is -2.26. The van der Waals surface area contributed by atoms with Crippen molar-refractivity contribution in [2.45, 2.75) is 33.2 Å². The number of hydrogen-bond donors (Lipinski definition) is 1. The van der Waals surface area contributed by atoms with Gasteiger partial charge in [-0.1, -0.05) is 31.5 Å². The fourth-order valence-electron chi connectivity index (χ4n) is 1.67. The van der Waals surface area contributed by atoms with E-state index in [4.69, 9.17) is 26.3 Å². The molecule has 0 fully saturated rings. The fourth-order valence-corrected chi connectivity index (χ4v) is 1.84. The van der Waals surface area contributed by atoms with Gasteiger partial charge in [0, 0.05) is 0 Å². The maximum atomic E-state index is 11.8. The first-order valence-corrected chi connectivity index (χ1v) is 7.82. The molecule has 0 saturated carbocycles. The van der Waals surface area contributed by atoms with Crippen molar-refractivity contribution in [1.82, 2.24) is 5.32 Å². The van der Waals surface area contributed by atoms with Crippen LogP contribution in [0, 0.1) is 24.2 Å². The van der Waals surface area contributed by atoms with E-state index < -0.39 is 24.0 Å². The van der Waals surface area contributed by atoms with Crippen LogP contribution in [0.1, 0.15) is 26.3 Å². The van der Waals surface area contributed by atoms with Crippen LogP contribution in [0.4, 0.5) is 0 Å². The Morgan fingerprint density at radius 1 is 1.38 bits per heavy atom. The normalized spacial score (nSPS) is 12.9. The van der Waals surface area contributed by atoms with Crippen LogP contribution in [-0.2, 0) is 14.3 Å². The summed E-state index contributed by atoms with van der Waals surface area (Å²) in [7, 11) is 0. The summed E-state index contributed by atoms with van der Waals surface area (Å²) in [6, 6.07) is 7.23. The second-order valence-corrected chi connectivity index (χ2v) is 6.31. The van der Waals surface area contributed by atoms with Gasteiger partial charge < -0.3 is 14.8 Å². The summed E-state index contributed by atoms with van der Waals surface area (Å²) in [6.45, 7) is 6.26. The number of nitrogens with one attached hydrogen (secondary N) is 1. The lowest BCUT2D eigenvalue weighted by Crippen LogP contribution is -2.50. The van der Waals surface area contributed by atoms with Crippen molar-refractivity contribution in [3.8, 4) is 11.8 Å². The largest absolute Gasteiger partial charge is 0.480 e. The maximum absolute atomic E-state index is 11.8. The van der Waals surface area contributed by atoms with Crippen molar-refractivity contribution in [1.29, 1.82) is 5.26 Å². The minimum Gasteiger partial charge on any atom is -0.480 e. The van der Waals surface area contributed by atoms with Gasteiger partial charge in [0.05, 0.1) is 11.1 Å². The quantitative estimate of drug-likeness (QED) is 0.762. The first kappa shape index (κ1) is 19.8. The molecule has 0 saturated heterocycles. The maximum Gasteiger partial charge on any atom is 0.344 e. The molecule has 1 atom stereocenters. The predicted octanol–water partition coefficient (Wildman–Crippen LogP) is 2.62. The van der Waals surface area contributed by atoms with Gasteiger partial charge in [0.25, 0.3) is 5.91 Å². The van der Waals surface area contributed by atoms with Crippen molar-refractivity contribution < 1.29 is 19.1 Å². The predicted molar refractivity (Wildman–Crippen MR) is 89.6 cm³/mol. The lowest BCUT2D eigenvalue weighted by atomic mass is 9.90. The first-order valence-electron chi connectivity index (χ1n) is 7.44.